The Bertz CT molecular complexity index is 1360. The Balaban J connectivity index is 2.09. The van der Waals surface area contributed by atoms with Crippen LogP contribution in [0.1, 0.15) is 23.6 Å². The summed E-state index contributed by atoms with van der Waals surface area (Å²) in [5.74, 6) is -0.936. The molecule has 0 heterocycles. The van der Waals surface area contributed by atoms with Gasteiger partial charge in [0, 0.05) is 35.1 Å². The molecule has 3 aromatic carbocycles. The molecule has 3 aromatic rings. The minimum absolute atomic E-state index is 0.0859. The molecular formula is C28H31Cl2N3O4S. The molecule has 0 aromatic heterocycles. The second-order valence-electron chi connectivity index (χ2n) is 8.93. The highest BCUT2D eigenvalue weighted by molar-refractivity contribution is 7.92. The van der Waals surface area contributed by atoms with Gasteiger partial charge in [0.25, 0.3) is 0 Å². The van der Waals surface area contributed by atoms with E-state index in [2.05, 4.69) is 5.32 Å². The van der Waals surface area contributed by atoms with E-state index in [1.165, 1.54) is 4.90 Å². The van der Waals surface area contributed by atoms with Gasteiger partial charge in [-0.2, -0.15) is 0 Å². The van der Waals surface area contributed by atoms with Gasteiger partial charge in [-0.3, -0.25) is 13.9 Å². The Labute approximate surface area is 234 Å². The van der Waals surface area contributed by atoms with Crippen molar-refractivity contribution in [3.63, 3.8) is 0 Å². The van der Waals surface area contributed by atoms with Crippen LogP contribution in [-0.4, -0.2) is 50.5 Å². The first-order valence-corrected chi connectivity index (χ1v) is 14.7. The van der Waals surface area contributed by atoms with E-state index in [0.717, 1.165) is 21.7 Å². The molecule has 2 amide bonds. The van der Waals surface area contributed by atoms with Gasteiger partial charge < -0.3 is 10.2 Å². The van der Waals surface area contributed by atoms with E-state index in [0.29, 0.717) is 27.8 Å². The normalized spacial score (nSPS) is 12.0. The van der Waals surface area contributed by atoms with Crippen molar-refractivity contribution in [2.24, 2.45) is 0 Å². The Morgan fingerprint density at radius 3 is 2.16 bits per heavy atom. The molecule has 0 spiro atoms. The van der Waals surface area contributed by atoms with E-state index < -0.39 is 28.5 Å². The largest absolute Gasteiger partial charge is 0.355 e. The molecule has 0 aliphatic rings. The van der Waals surface area contributed by atoms with E-state index in [1.807, 2.05) is 43.3 Å². The van der Waals surface area contributed by atoms with Crippen molar-refractivity contribution in [2.75, 3.05) is 23.7 Å². The second-order valence-corrected chi connectivity index (χ2v) is 11.7. The number of hydrogen-bond acceptors (Lipinski definition) is 4. The van der Waals surface area contributed by atoms with Gasteiger partial charge in [0.05, 0.1) is 11.9 Å². The van der Waals surface area contributed by atoms with Crippen molar-refractivity contribution in [2.45, 2.75) is 32.9 Å². The molecule has 0 aliphatic carbocycles. The molecule has 202 valence electrons. The van der Waals surface area contributed by atoms with Crippen LogP contribution in [0.2, 0.25) is 10.0 Å². The third kappa shape index (κ3) is 7.72. The van der Waals surface area contributed by atoms with Crippen molar-refractivity contribution in [1.82, 2.24) is 10.2 Å². The van der Waals surface area contributed by atoms with Gasteiger partial charge in [-0.25, -0.2) is 8.42 Å². The summed E-state index contributed by atoms with van der Waals surface area (Å²) in [6.45, 7) is 3.39. The summed E-state index contributed by atoms with van der Waals surface area (Å²) in [4.78, 5) is 28.7. The van der Waals surface area contributed by atoms with Gasteiger partial charge in [0.1, 0.15) is 12.6 Å². The predicted molar refractivity (Wildman–Crippen MR) is 153 cm³/mol. The maximum absolute atomic E-state index is 14.0. The summed E-state index contributed by atoms with van der Waals surface area (Å²) < 4.78 is 26.6. The lowest BCUT2D eigenvalue weighted by Gasteiger charge is -2.34. The van der Waals surface area contributed by atoms with Crippen molar-refractivity contribution in [3.8, 4) is 0 Å². The SMILES string of the molecule is CCNC(=O)[C@@H](Cc1ccccc1)N(Cc1c(Cl)cccc1Cl)C(=O)CN(c1cccc(C)c1)S(C)(=O)=O. The van der Waals surface area contributed by atoms with Crippen LogP contribution in [0.5, 0.6) is 0 Å². The summed E-state index contributed by atoms with van der Waals surface area (Å²) in [7, 11) is -3.83. The first-order valence-electron chi connectivity index (χ1n) is 12.1. The monoisotopic (exact) mass is 575 g/mol. The third-order valence-corrected chi connectivity index (χ3v) is 7.83. The maximum atomic E-state index is 14.0. The van der Waals surface area contributed by atoms with Crippen LogP contribution in [0.4, 0.5) is 5.69 Å². The van der Waals surface area contributed by atoms with Crippen LogP contribution < -0.4 is 9.62 Å². The molecule has 3 rings (SSSR count). The lowest BCUT2D eigenvalue weighted by atomic mass is 10.0. The van der Waals surface area contributed by atoms with Crippen molar-refractivity contribution in [1.29, 1.82) is 0 Å². The zero-order valence-electron chi connectivity index (χ0n) is 21.5. The number of benzene rings is 3. The third-order valence-electron chi connectivity index (χ3n) is 5.98. The average Bonchev–Trinajstić information content (AvgIpc) is 2.86. The number of sulfonamides is 1. The predicted octanol–water partition coefficient (Wildman–Crippen LogP) is 4.84. The molecule has 7 nitrogen and oxygen atoms in total. The smallest absolute Gasteiger partial charge is 0.244 e. The van der Waals surface area contributed by atoms with Crippen molar-refractivity contribution in [3.05, 3.63) is 99.5 Å². The minimum Gasteiger partial charge on any atom is -0.355 e. The molecule has 0 saturated carbocycles. The molecule has 10 heteroatoms. The Hall–Kier alpha value is -3.07. The fraction of sp³-hybridized carbons (Fsp3) is 0.286. The van der Waals surface area contributed by atoms with Gasteiger partial charge in [-0.05, 0) is 49.2 Å². The van der Waals surface area contributed by atoms with E-state index in [9.17, 15) is 18.0 Å². The number of carbonyl (C=O) groups excluding carboxylic acids is 2. The molecule has 38 heavy (non-hydrogen) atoms. The topological polar surface area (TPSA) is 86.8 Å². The lowest BCUT2D eigenvalue weighted by Crippen LogP contribution is -2.53. The van der Waals surface area contributed by atoms with Crippen LogP contribution in [0.25, 0.3) is 0 Å². The molecule has 0 radical (unpaired) electrons. The zero-order valence-corrected chi connectivity index (χ0v) is 23.9. The number of carbonyl (C=O) groups is 2. The zero-order chi connectivity index (χ0) is 27.9. The number of rotatable bonds is 11. The standard InChI is InChI=1S/C28H31Cl2N3O4S/c1-4-31-28(35)26(17-21-11-6-5-7-12-21)32(18-23-24(29)14-9-15-25(23)30)27(34)19-33(38(3,36)37)22-13-8-10-20(2)16-22/h5-16,26H,4,17-19H2,1-3H3,(H,31,35)/t26-/m1/s1. The van der Waals surface area contributed by atoms with Gasteiger partial charge >= 0.3 is 0 Å². The average molecular weight is 577 g/mol. The van der Waals surface area contributed by atoms with Crippen molar-refractivity contribution >= 4 is 50.7 Å². The quantitative estimate of drug-likeness (QED) is 0.354. The number of nitrogens with zero attached hydrogens (tertiary/aromatic N) is 2. The summed E-state index contributed by atoms with van der Waals surface area (Å²) in [6.07, 6.45) is 1.26. The highest BCUT2D eigenvalue weighted by atomic mass is 35.5. The molecular weight excluding hydrogens is 545 g/mol. The lowest BCUT2D eigenvalue weighted by molar-refractivity contribution is -0.140. The number of anilines is 1. The fourth-order valence-electron chi connectivity index (χ4n) is 4.10. The van der Waals surface area contributed by atoms with Crippen molar-refractivity contribution < 1.29 is 18.0 Å². The summed E-state index contributed by atoms with van der Waals surface area (Å²) >= 11 is 12.9. The number of aryl methyl sites for hydroxylation is 1. The Morgan fingerprint density at radius 2 is 1.58 bits per heavy atom. The van der Waals surface area contributed by atoms with Crippen LogP contribution >= 0.6 is 23.2 Å². The minimum atomic E-state index is -3.83. The summed E-state index contributed by atoms with van der Waals surface area (Å²) in [5.41, 5.74) is 2.50. The van der Waals surface area contributed by atoms with Gasteiger partial charge in [-0.15, -0.1) is 0 Å². The first-order chi connectivity index (χ1) is 18.0. The van der Waals surface area contributed by atoms with E-state index >= 15 is 0 Å². The highest BCUT2D eigenvalue weighted by Gasteiger charge is 2.33. The highest BCUT2D eigenvalue weighted by Crippen LogP contribution is 2.28. The Kier molecular flexibility index (Phi) is 10.2. The molecule has 0 bridgehead atoms. The van der Waals surface area contributed by atoms with Crippen LogP contribution in [0.15, 0.2) is 72.8 Å². The Morgan fingerprint density at radius 1 is 0.947 bits per heavy atom. The van der Waals surface area contributed by atoms with Gasteiger partial charge in [-0.1, -0.05) is 71.7 Å². The summed E-state index contributed by atoms with van der Waals surface area (Å²) in [6, 6.07) is 20.2. The number of nitrogens with one attached hydrogen (secondary N) is 1. The van der Waals surface area contributed by atoms with Crippen LogP contribution in [0, 0.1) is 6.92 Å². The molecule has 0 unspecified atom stereocenters. The molecule has 1 atom stereocenters. The fourth-order valence-corrected chi connectivity index (χ4v) is 5.45. The summed E-state index contributed by atoms with van der Waals surface area (Å²) in [5, 5.41) is 3.48. The maximum Gasteiger partial charge on any atom is 0.244 e. The first kappa shape index (κ1) is 29.5. The van der Waals surface area contributed by atoms with Crippen LogP contribution in [0.3, 0.4) is 0 Å². The molecule has 0 saturated heterocycles. The number of likely N-dealkylation sites (N-methyl/N-ethyl adjacent to an activating group) is 1. The van der Waals surface area contributed by atoms with Crippen LogP contribution in [-0.2, 0) is 32.6 Å². The number of amides is 2. The van der Waals surface area contributed by atoms with E-state index in [4.69, 9.17) is 23.2 Å². The molecule has 0 fully saturated rings. The number of hydrogen-bond donors (Lipinski definition) is 1. The van der Waals surface area contributed by atoms with E-state index in [1.54, 1.807) is 43.3 Å². The van der Waals surface area contributed by atoms with Gasteiger partial charge in [0.15, 0.2) is 0 Å². The molecule has 0 aliphatic heterocycles. The molecule has 1 N–H and O–H groups in total. The number of halogens is 2. The van der Waals surface area contributed by atoms with Gasteiger partial charge in [0.2, 0.25) is 21.8 Å². The van der Waals surface area contributed by atoms with E-state index in [-0.39, 0.29) is 18.9 Å². The second kappa shape index (κ2) is 13.1.